The van der Waals surface area contributed by atoms with Crippen molar-refractivity contribution < 1.29 is 0 Å². The summed E-state index contributed by atoms with van der Waals surface area (Å²) in [5, 5.41) is 5.00. The fourth-order valence-corrected chi connectivity index (χ4v) is 3.31. The molecule has 2 heteroatoms. The van der Waals surface area contributed by atoms with E-state index in [-0.39, 0.29) is 0 Å². The molecule has 1 fully saturated rings. The Morgan fingerprint density at radius 3 is 2.63 bits per heavy atom. The summed E-state index contributed by atoms with van der Waals surface area (Å²) in [7, 11) is 0. The van der Waals surface area contributed by atoms with Crippen LogP contribution in [-0.2, 0) is 0 Å². The maximum atomic E-state index is 3.71. The maximum absolute atomic E-state index is 3.71. The van der Waals surface area contributed by atoms with E-state index in [1.54, 1.807) is 0 Å². The molecule has 0 radical (unpaired) electrons. The number of aromatic amines is 1. The Morgan fingerprint density at radius 2 is 1.89 bits per heavy atom. The second-order valence-corrected chi connectivity index (χ2v) is 6.28. The van der Waals surface area contributed by atoms with E-state index in [4.69, 9.17) is 0 Å². The highest BCUT2D eigenvalue weighted by Crippen LogP contribution is 2.31. The predicted molar refractivity (Wildman–Crippen MR) is 82.5 cm³/mol. The van der Waals surface area contributed by atoms with Crippen molar-refractivity contribution in [2.75, 3.05) is 5.32 Å². The van der Waals surface area contributed by atoms with Crippen molar-refractivity contribution in [2.24, 2.45) is 11.8 Å². The Labute approximate surface area is 115 Å². The molecule has 0 bridgehead atoms. The lowest BCUT2D eigenvalue weighted by Gasteiger charge is -2.31. The van der Waals surface area contributed by atoms with Crippen molar-refractivity contribution in [3.63, 3.8) is 0 Å². The lowest BCUT2D eigenvalue weighted by Crippen LogP contribution is -2.27. The Hall–Kier alpha value is -1.44. The zero-order chi connectivity index (χ0) is 13.2. The van der Waals surface area contributed by atoms with Gasteiger partial charge in [0.25, 0.3) is 0 Å². The minimum atomic E-state index is 0.659. The van der Waals surface area contributed by atoms with Crippen LogP contribution in [-0.4, -0.2) is 11.0 Å². The monoisotopic (exact) mass is 256 g/mol. The quantitative estimate of drug-likeness (QED) is 0.811. The summed E-state index contributed by atoms with van der Waals surface area (Å²) in [6.45, 7) is 4.72. The topological polar surface area (TPSA) is 27.8 Å². The molecule has 0 saturated heterocycles. The number of fused-ring (bicyclic) bond motifs is 1. The summed E-state index contributed by atoms with van der Waals surface area (Å²) in [6.07, 6.45) is 7.38. The number of hydrogen-bond acceptors (Lipinski definition) is 1. The van der Waals surface area contributed by atoms with E-state index >= 15 is 0 Å². The summed E-state index contributed by atoms with van der Waals surface area (Å²) in [5.74, 6) is 1.78. The fraction of sp³-hybridized carbons (Fsp3) is 0.529. The summed E-state index contributed by atoms with van der Waals surface area (Å²) in [5.41, 5.74) is 2.48. The normalized spacial score (nSPS) is 23.9. The van der Waals surface area contributed by atoms with Gasteiger partial charge in [-0.1, -0.05) is 13.8 Å². The molecule has 1 aromatic carbocycles. The van der Waals surface area contributed by atoms with Gasteiger partial charge in [0.15, 0.2) is 0 Å². The Kier molecular flexibility index (Phi) is 3.50. The number of anilines is 1. The van der Waals surface area contributed by atoms with E-state index < -0.39 is 0 Å². The Morgan fingerprint density at radius 1 is 1.11 bits per heavy atom. The van der Waals surface area contributed by atoms with Gasteiger partial charge in [-0.3, -0.25) is 0 Å². The van der Waals surface area contributed by atoms with Crippen molar-refractivity contribution in [1.82, 2.24) is 4.98 Å². The summed E-state index contributed by atoms with van der Waals surface area (Å²) >= 11 is 0. The fourth-order valence-electron chi connectivity index (χ4n) is 3.31. The second-order valence-electron chi connectivity index (χ2n) is 6.28. The van der Waals surface area contributed by atoms with Crippen LogP contribution in [0.5, 0.6) is 0 Å². The van der Waals surface area contributed by atoms with Gasteiger partial charge in [0.2, 0.25) is 0 Å². The lowest BCUT2D eigenvalue weighted by molar-refractivity contribution is 0.267. The third kappa shape index (κ3) is 2.78. The van der Waals surface area contributed by atoms with Crippen LogP contribution < -0.4 is 5.32 Å². The van der Waals surface area contributed by atoms with Crippen molar-refractivity contribution >= 4 is 16.6 Å². The molecule has 19 heavy (non-hydrogen) atoms. The molecule has 0 spiro atoms. The van der Waals surface area contributed by atoms with Gasteiger partial charge in [-0.15, -0.1) is 0 Å². The van der Waals surface area contributed by atoms with Crippen molar-refractivity contribution in [1.29, 1.82) is 0 Å². The van der Waals surface area contributed by atoms with E-state index in [2.05, 4.69) is 48.4 Å². The van der Waals surface area contributed by atoms with Gasteiger partial charge in [-0.25, -0.2) is 0 Å². The van der Waals surface area contributed by atoms with Crippen molar-refractivity contribution in [2.45, 2.75) is 45.6 Å². The van der Waals surface area contributed by atoms with Crippen LogP contribution in [0, 0.1) is 11.8 Å². The number of H-pyrrole nitrogens is 1. The predicted octanol–water partition coefficient (Wildman–Crippen LogP) is 4.79. The molecule has 2 N–H and O–H groups in total. The SMILES string of the molecule is CC(C)C1CCC(Nc2ccc3[nH]ccc3c2)CC1. The van der Waals surface area contributed by atoms with E-state index in [9.17, 15) is 0 Å². The van der Waals surface area contributed by atoms with E-state index in [1.807, 2.05) is 6.20 Å². The number of benzene rings is 1. The third-order valence-corrected chi connectivity index (χ3v) is 4.64. The van der Waals surface area contributed by atoms with Gasteiger partial charge >= 0.3 is 0 Å². The molecule has 0 amide bonds. The second kappa shape index (κ2) is 5.28. The highest BCUT2D eigenvalue weighted by atomic mass is 14.9. The molecule has 1 heterocycles. The number of rotatable bonds is 3. The first-order chi connectivity index (χ1) is 9.22. The van der Waals surface area contributed by atoms with Crippen LogP contribution >= 0.6 is 0 Å². The van der Waals surface area contributed by atoms with Crippen LogP contribution in [0.1, 0.15) is 39.5 Å². The minimum absolute atomic E-state index is 0.659. The zero-order valence-electron chi connectivity index (χ0n) is 11.9. The van der Waals surface area contributed by atoms with Crippen molar-refractivity contribution in [3.8, 4) is 0 Å². The Bertz CT molecular complexity index is 533. The number of aromatic nitrogens is 1. The molecular formula is C17H24N2. The molecule has 1 saturated carbocycles. The van der Waals surface area contributed by atoms with Crippen LogP contribution in [0.15, 0.2) is 30.5 Å². The number of nitrogens with one attached hydrogen (secondary N) is 2. The molecular weight excluding hydrogens is 232 g/mol. The number of hydrogen-bond donors (Lipinski definition) is 2. The first-order valence-electron chi connectivity index (χ1n) is 7.56. The van der Waals surface area contributed by atoms with Gasteiger partial charge in [-0.05, 0) is 61.8 Å². The highest BCUT2D eigenvalue weighted by molar-refractivity contribution is 5.83. The maximum Gasteiger partial charge on any atom is 0.0455 e. The average Bonchev–Trinajstić information content (AvgIpc) is 2.87. The molecule has 3 rings (SSSR count). The average molecular weight is 256 g/mol. The summed E-state index contributed by atoms with van der Waals surface area (Å²) in [6, 6.07) is 9.40. The molecule has 1 aliphatic carbocycles. The molecule has 1 aromatic heterocycles. The van der Waals surface area contributed by atoms with Gasteiger partial charge in [0.1, 0.15) is 0 Å². The van der Waals surface area contributed by atoms with Crippen LogP contribution in [0.25, 0.3) is 10.9 Å². The molecule has 2 aromatic rings. The van der Waals surface area contributed by atoms with E-state index in [0.717, 1.165) is 11.8 Å². The third-order valence-electron chi connectivity index (χ3n) is 4.64. The van der Waals surface area contributed by atoms with Gasteiger partial charge < -0.3 is 10.3 Å². The first-order valence-corrected chi connectivity index (χ1v) is 7.56. The van der Waals surface area contributed by atoms with Gasteiger partial charge in [-0.2, -0.15) is 0 Å². The van der Waals surface area contributed by atoms with E-state index in [1.165, 1.54) is 42.3 Å². The highest BCUT2D eigenvalue weighted by Gasteiger charge is 2.22. The molecule has 0 unspecified atom stereocenters. The van der Waals surface area contributed by atoms with Crippen LogP contribution in [0.2, 0.25) is 0 Å². The van der Waals surface area contributed by atoms with Gasteiger partial charge in [0.05, 0.1) is 0 Å². The largest absolute Gasteiger partial charge is 0.382 e. The zero-order valence-corrected chi connectivity index (χ0v) is 11.9. The molecule has 1 aliphatic rings. The molecule has 2 nitrogen and oxygen atoms in total. The van der Waals surface area contributed by atoms with Crippen LogP contribution in [0.4, 0.5) is 5.69 Å². The van der Waals surface area contributed by atoms with E-state index in [0.29, 0.717) is 6.04 Å². The summed E-state index contributed by atoms with van der Waals surface area (Å²) in [4.78, 5) is 3.24. The summed E-state index contributed by atoms with van der Waals surface area (Å²) < 4.78 is 0. The van der Waals surface area contributed by atoms with Crippen LogP contribution in [0.3, 0.4) is 0 Å². The molecule has 0 aliphatic heterocycles. The van der Waals surface area contributed by atoms with Gasteiger partial charge in [0, 0.05) is 28.8 Å². The van der Waals surface area contributed by atoms with Crippen molar-refractivity contribution in [3.05, 3.63) is 30.5 Å². The standard InChI is InChI=1S/C17H24N2/c1-12(2)13-3-5-15(6-4-13)19-16-7-8-17-14(11-16)9-10-18-17/h7-13,15,18-19H,3-6H2,1-2H3. The Balaban J connectivity index is 1.62. The minimum Gasteiger partial charge on any atom is -0.382 e. The molecule has 102 valence electrons. The molecule has 0 atom stereocenters. The smallest absolute Gasteiger partial charge is 0.0455 e. The first kappa shape index (κ1) is 12.6. The lowest BCUT2D eigenvalue weighted by atomic mass is 9.79.